The number of amidine groups is 2. The van der Waals surface area contributed by atoms with Crippen molar-refractivity contribution in [1.82, 2.24) is 9.58 Å². The molecular formula is C29H29N5OS. The molecule has 1 aromatic heterocycles. The summed E-state index contributed by atoms with van der Waals surface area (Å²) in [6.45, 7) is 4.91. The number of nitrogens with zero attached hydrogens (tertiary/aromatic N) is 4. The molecule has 0 saturated heterocycles. The number of hydrogen-bond acceptors (Lipinski definition) is 4. The minimum atomic E-state index is -0.367. The average Bonchev–Trinajstić information content (AvgIpc) is 3.43. The number of fused-ring (bicyclic) bond motifs is 2. The number of aryl methyl sites for hydroxylation is 1. The molecule has 6 nitrogen and oxygen atoms in total. The van der Waals surface area contributed by atoms with Crippen molar-refractivity contribution in [3.63, 3.8) is 0 Å². The summed E-state index contributed by atoms with van der Waals surface area (Å²) in [5.41, 5.74) is 5.86. The maximum atomic E-state index is 13.1. The molecule has 0 atom stereocenters. The van der Waals surface area contributed by atoms with E-state index < -0.39 is 0 Å². The molecule has 0 unspecified atom stereocenters. The summed E-state index contributed by atoms with van der Waals surface area (Å²) in [6.07, 6.45) is 7.78. The van der Waals surface area contributed by atoms with E-state index in [9.17, 15) is 4.79 Å². The fourth-order valence-electron chi connectivity index (χ4n) is 5.39. The molecule has 182 valence electrons. The van der Waals surface area contributed by atoms with Gasteiger partial charge in [0.1, 0.15) is 5.04 Å². The smallest absolute Gasteiger partial charge is 0.283 e. The van der Waals surface area contributed by atoms with E-state index in [-0.39, 0.29) is 17.3 Å². The number of amides is 1. The maximum absolute atomic E-state index is 13.1. The third-order valence-corrected chi connectivity index (χ3v) is 8.53. The van der Waals surface area contributed by atoms with Crippen LogP contribution in [0.2, 0.25) is 0 Å². The molecule has 0 spiro atoms. The third kappa shape index (κ3) is 4.01. The van der Waals surface area contributed by atoms with Gasteiger partial charge in [-0.1, -0.05) is 67.3 Å². The molecule has 36 heavy (non-hydrogen) atoms. The first-order valence-corrected chi connectivity index (χ1v) is 13.4. The maximum Gasteiger partial charge on any atom is 0.283 e. The second-order valence-corrected chi connectivity index (χ2v) is 10.9. The lowest BCUT2D eigenvalue weighted by Gasteiger charge is -2.20. The van der Waals surface area contributed by atoms with Crippen molar-refractivity contribution in [2.45, 2.75) is 52.5 Å². The average molecular weight is 496 g/mol. The first-order chi connectivity index (χ1) is 17.5. The lowest BCUT2D eigenvalue weighted by atomic mass is 9.90. The Labute approximate surface area is 215 Å². The van der Waals surface area contributed by atoms with Crippen molar-refractivity contribution in [1.29, 1.82) is 5.41 Å². The van der Waals surface area contributed by atoms with E-state index in [1.807, 2.05) is 18.2 Å². The molecule has 2 aromatic carbocycles. The molecule has 2 aliphatic heterocycles. The topological polar surface area (TPSA) is 73.8 Å². The number of carbonyl (C=O) groups excluding carboxylic acids is 1. The van der Waals surface area contributed by atoms with Crippen molar-refractivity contribution in [2.75, 3.05) is 0 Å². The van der Waals surface area contributed by atoms with Crippen LogP contribution in [0, 0.1) is 25.2 Å². The quantitative estimate of drug-likeness (QED) is 0.420. The van der Waals surface area contributed by atoms with E-state index in [0.29, 0.717) is 11.1 Å². The highest BCUT2D eigenvalue weighted by Crippen LogP contribution is 2.37. The fraction of sp³-hybridized carbons (Fsp3) is 0.310. The van der Waals surface area contributed by atoms with Crippen LogP contribution in [-0.4, -0.2) is 31.5 Å². The largest absolute Gasteiger partial charge is 0.340 e. The molecule has 0 radical (unpaired) electrons. The Morgan fingerprint density at radius 3 is 2.58 bits per heavy atom. The predicted octanol–water partition coefficient (Wildman–Crippen LogP) is 6.51. The summed E-state index contributed by atoms with van der Waals surface area (Å²) in [7, 11) is 0. The van der Waals surface area contributed by atoms with Crippen molar-refractivity contribution in [2.24, 2.45) is 16.0 Å². The molecule has 1 fully saturated rings. The Kier molecular flexibility index (Phi) is 5.88. The number of thioether (sulfide) groups is 1. The van der Waals surface area contributed by atoms with Gasteiger partial charge in [-0.15, -0.1) is 0 Å². The SMILES string of the molecule is Cc1ccc(Cn2c(C)c(/C=C3/C(=N)N4N=C(C5CCCCC5)SC4=NC3=O)c3ccccc32)cc1. The number of carbonyl (C=O) groups is 1. The summed E-state index contributed by atoms with van der Waals surface area (Å²) < 4.78 is 2.28. The Hall–Kier alpha value is -3.45. The molecule has 1 saturated carbocycles. The minimum absolute atomic E-state index is 0.109. The number of aliphatic imine (C=N–C) groups is 1. The standard InChI is InChI=1S/C29H29N5OS/c1-18-12-14-20(15-13-18)17-33-19(2)23(22-10-6-7-11-25(22)33)16-24-26(30)34-29(31-27(24)35)36-28(32-34)21-8-4-3-5-9-21/h6-7,10-16,21,30H,3-5,8-9,17H2,1-2H3/b24-16-,30-26?. The van der Waals surface area contributed by atoms with Crippen LogP contribution in [0.25, 0.3) is 17.0 Å². The molecule has 1 aliphatic carbocycles. The van der Waals surface area contributed by atoms with E-state index in [2.05, 4.69) is 59.8 Å². The van der Waals surface area contributed by atoms with Crippen LogP contribution in [0.15, 0.2) is 64.2 Å². The van der Waals surface area contributed by atoms with Crippen molar-refractivity contribution < 1.29 is 4.79 Å². The van der Waals surface area contributed by atoms with Crippen LogP contribution >= 0.6 is 11.8 Å². The van der Waals surface area contributed by atoms with Gasteiger partial charge in [-0.05, 0) is 56.2 Å². The lowest BCUT2D eigenvalue weighted by molar-refractivity contribution is -0.114. The number of para-hydroxylation sites is 1. The number of rotatable bonds is 4. The van der Waals surface area contributed by atoms with Gasteiger partial charge < -0.3 is 4.57 Å². The Balaban J connectivity index is 1.38. The minimum Gasteiger partial charge on any atom is -0.340 e. The van der Waals surface area contributed by atoms with Crippen molar-refractivity contribution in [3.05, 3.63) is 76.5 Å². The van der Waals surface area contributed by atoms with E-state index >= 15 is 0 Å². The van der Waals surface area contributed by atoms with Gasteiger partial charge in [0, 0.05) is 34.6 Å². The number of hydrazone groups is 1. The van der Waals surface area contributed by atoms with Gasteiger partial charge in [0.15, 0.2) is 5.84 Å². The van der Waals surface area contributed by atoms with Crippen molar-refractivity contribution >= 4 is 50.7 Å². The van der Waals surface area contributed by atoms with Gasteiger partial charge in [0.2, 0.25) is 5.17 Å². The Morgan fingerprint density at radius 1 is 1.06 bits per heavy atom. The van der Waals surface area contributed by atoms with Gasteiger partial charge in [0.05, 0.1) is 5.57 Å². The first kappa shape index (κ1) is 23.0. The molecule has 7 heteroatoms. The van der Waals surface area contributed by atoms with Crippen LogP contribution in [0.4, 0.5) is 0 Å². The molecule has 3 aromatic rings. The zero-order valence-electron chi connectivity index (χ0n) is 20.6. The van der Waals surface area contributed by atoms with Gasteiger partial charge in [-0.25, -0.2) is 0 Å². The highest BCUT2D eigenvalue weighted by Gasteiger charge is 2.38. The van der Waals surface area contributed by atoms with Gasteiger partial charge in [0.25, 0.3) is 5.91 Å². The second-order valence-electron chi connectivity index (χ2n) is 9.88. The van der Waals surface area contributed by atoms with Gasteiger partial charge in [-0.3, -0.25) is 10.2 Å². The molecule has 3 heterocycles. The summed E-state index contributed by atoms with van der Waals surface area (Å²) in [5, 5.41) is 17.8. The van der Waals surface area contributed by atoms with Gasteiger partial charge in [-0.2, -0.15) is 15.1 Å². The number of hydrogen-bond donors (Lipinski definition) is 1. The molecular weight excluding hydrogens is 466 g/mol. The van der Waals surface area contributed by atoms with E-state index in [0.717, 1.165) is 46.6 Å². The van der Waals surface area contributed by atoms with Crippen molar-refractivity contribution in [3.8, 4) is 0 Å². The number of benzene rings is 2. The molecule has 1 amide bonds. The first-order valence-electron chi connectivity index (χ1n) is 12.6. The lowest BCUT2D eigenvalue weighted by Crippen LogP contribution is -2.35. The van der Waals surface area contributed by atoms with E-state index in [1.54, 1.807) is 5.01 Å². The highest BCUT2D eigenvalue weighted by atomic mass is 32.2. The Bertz CT molecular complexity index is 1470. The summed E-state index contributed by atoms with van der Waals surface area (Å²) in [4.78, 5) is 17.5. The zero-order valence-corrected chi connectivity index (χ0v) is 21.4. The van der Waals surface area contributed by atoms with Crippen LogP contribution in [0.5, 0.6) is 0 Å². The van der Waals surface area contributed by atoms with E-state index in [4.69, 9.17) is 10.5 Å². The number of aromatic nitrogens is 1. The molecule has 3 aliphatic rings. The molecule has 6 rings (SSSR count). The van der Waals surface area contributed by atoms with Crippen LogP contribution in [-0.2, 0) is 11.3 Å². The summed E-state index contributed by atoms with van der Waals surface area (Å²) in [5.74, 6) is 0.154. The summed E-state index contributed by atoms with van der Waals surface area (Å²) in [6, 6.07) is 16.8. The van der Waals surface area contributed by atoms with E-state index in [1.165, 1.54) is 42.2 Å². The zero-order chi connectivity index (χ0) is 24.8. The number of nitrogens with one attached hydrogen (secondary N) is 1. The molecule has 0 bridgehead atoms. The fourth-order valence-corrected chi connectivity index (χ4v) is 6.44. The monoisotopic (exact) mass is 495 g/mol. The van der Waals surface area contributed by atoms with Crippen LogP contribution in [0.3, 0.4) is 0 Å². The Morgan fingerprint density at radius 2 is 1.81 bits per heavy atom. The second kappa shape index (κ2) is 9.21. The predicted molar refractivity (Wildman–Crippen MR) is 149 cm³/mol. The van der Waals surface area contributed by atoms with Crippen LogP contribution in [0.1, 0.15) is 54.5 Å². The third-order valence-electron chi connectivity index (χ3n) is 7.45. The summed E-state index contributed by atoms with van der Waals surface area (Å²) >= 11 is 1.46. The highest BCUT2D eigenvalue weighted by molar-refractivity contribution is 8.27. The van der Waals surface area contributed by atoms with Crippen LogP contribution < -0.4 is 0 Å². The molecule has 1 N–H and O–H groups in total. The van der Waals surface area contributed by atoms with Gasteiger partial charge >= 0.3 is 0 Å². The normalized spacial score (nSPS) is 19.7.